The monoisotopic (exact) mass is 356 g/mol. The minimum absolute atomic E-state index is 0.0554. The summed E-state index contributed by atoms with van der Waals surface area (Å²) < 4.78 is 28.1. The van der Waals surface area contributed by atoms with E-state index in [1.807, 2.05) is 0 Å². The number of hydrogen-bond donors (Lipinski definition) is 2. The highest BCUT2D eigenvalue weighted by Gasteiger charge is 2.23. The molecule has 134 valence electrons. The summed E-state index contributed by atoms with van der Waals surface area (Å²) in [6.07, 6.45) is 7.49. The van der Waals surface area contributed by atoms with Gasteiger partial charge in [-0.3, -0.25) is 9.63 Å². The molecule has 1 aliphatic rings. The molecule has 2 aromatic rings. The van der Waals surface area contributed by atoms with Gasteiger partial charge in [-0.25, -0.2) is 14.3 Å². The van der Waals surface area contributed by atoms with Crippen LogP contribution in [0.1, 0.15) is 34.3 Å². The van der Waals surface area contributed by atoms with E-state index in [1.165, 1.54) is 6.07 Å². The van der Waals surface area contributed by atoms with Crippen molar-refractivity contribution in [2.24, 2.45) is 5.92 Å². The lowest BCUT2D eigenvalue weighted by Gasteiger charge is -2.15. The first-order chi connectivity index (χ1) is 12.5. The molecule has 0 unspecified atom stereocenters. The van der Waals surface area contributed by atoms with E-state index in [0.29, 0.717) is 23.8 Å². The number of aryl methyl sites for hydroxylation is 1. The molecule has 0 atom stereocenters. The molecule has 0 saturated heterocycles. The fourth-order valence-corrected chi connectivity index (χ4v) is 2.46. The van der Waals surface area contributed by atoms with Gasteiger partial charge in [-0.15, -0.1) is 6.42 Å². The summed E-state index contributed by atoms with van der Waals surface area (Å²) in [5.41, 5.74) is 3.89. The lowest BCUT2D eigenvalue weighted by Crippen LogP contribution is -2.26. The zero-order valence-electron chi connectivity index (χ0n) is 14.2. The van der Waals surface area contributed by atoms with E-state index in [4.69, 9.17) is 11.3 Å². The summed E-state index contributed by atoms with van der Waals surface area (Å²) in [5.74, 6) is 0.116. The molecule has 26 heavy (non-hydrogen) atoms. The molecule has 1 saturated carbocycles. The summed E-state index contributed by atoms with van der Waals surface area (Å²) in [5, 5.41) is 2.79. The molecule has 2 aromatic carbocycles. The topological polar surface area (TPSA) is 50.4 Å². The number of anilines is 2. The van der Waals surface area contributed by atoms with Crippen LogP contribution in [-0.4, -0.2) is 12.5 Å². The molecule has 4 nitrogen and oxygen atoms in total. The van der Waals surface area contributed by atoms with Gasteiger partial charge in [0.15, 0.2) is 11.6 Å². The van der Waals surface area contributed by atoms with Crippen LogP contribution in [0, 0.1) is 36.8 Å². The van der Waals surface area contributed by atoms with E-state index < -0.39 is 17.5 Å². The first-order valence-corrected chi connectivity index (χ1v) is 8.24. The number of carbonyl (C=O) groups excluding carboxylic acids is 1. The van der Waals surface area contributed by atoms with Crippen molar-refractivity contribution < 1.29 is 18.4 Å². The predicted octanol–water partition coefficient (Wildman–Crippen LogP) is 4.07. The van der Waals surface area contributed by atoms with E-state index in [1.54, 1.807) is 25.1 Å². The van der Waals surface area contributed by atoms with Crippen LogP contribution in [0.15, 0.2) is 30.3 Å². The van der Waals surface area contributed by atoms with Crippen LogP contribution in [0.4, 0.5) is 20.2 Å². The third-order valence-corrected chi connectivity index (χ3v) is 4.17. The van der Waals surface area contributed by atoms with Crippen molar-refractivity contribution in [3.8, 4) is 12.3 Å². The fourth-order valence-electron chi connectivity index (χ4n) is 2.46. The van der Waals surface area contributed by atoms with Crippen molar-refractivity contribution in [2.45, 2.75) is 19.8 Å². The Morgan fingerprint density at radius 1 is 1.31 bits per heavy atom. The van der Waals surface area contributed by atoms with E-state index in [-0.39, 0.29) is 11.3 Å². The van der Waals surface area contributed by atoms with Gasteiger partial charge < -0.3 is 5.32 Å². The number of hydroxylamine groups is 1. The lowest BCUT2D eigenvalue weighted by atomic mass is 10.1. The molecule has 0 aliphatic heterocycles. The summed E-state index contributed by atoms with van der Waals surface area (Å²) in [7, 11) is 0. The Labute approximate surface area is 150 Å². The maximum atomic E-state index is 14.4. The van der Waals surface area contributed by atoms with E-state index in [9.17, 15) is 13.6 Å². The van der Waals surface area contributed by atoms with E-state index in [0.717, 1.165) is 24.5 Å². The van der Waals surface area contributed by atoms with Gasteiger partial charge in [-0.1, -0.05) is 5.92 Å². The number of terminal acetylenes is 1. The third kappa shape index (κ3) is 4.01. The molecule has 0 radical (unpaired) electrons. The molecular weight excluding hydrogens is 338 g/mol. The highest BCUT2D eigenvalue weighted by atomic mass is 19.2. The number of halogens is 2. The Hall–Kier alpha value is -2.91. The molecule has 1 amide bonds. The van der Waals surface area contributed by atoms with Gasteiger partial charge in [0.1, 0.15) is 0 Å². The van der Waals surface area contributed by atoms with Crippen molar-refractivity contribution in [1.29, 1.82) is 0 Å². The minimum atomic E-state index is -1.14. The predicted molar refractivity (Wildman–Crippen MR) is 94.9 cm³/mol. The van der Waals surface area contributed by atoms with Gasteiger partial charge in [-0.2, -0.15) is 0 Å². The Kier molecular flexibility index (Phi) is 5.19. The number of carbonyl (C=O) groups is 1. The zero-order valence-corrected chi connectivity index (χ0v) is 14.2. The largest absolute Gasteiger partial charge is 0.352 e. The number of rotatable bonds is 6. The van der Waals surface area contributed by atoms with Gasteiger partial charge in [-0.05, 0) is 61.6 Å². The second kappa shape index (κ2) is 7.54. The Balaban J connectivity index is 1.85. The average Bonchev–Trinajstić information content (AvgIpc) is 3.44. The van der Waals surface area contributed by atoms with Crippen LogP contribution in [0.5, 0.6) is 0 Å². The van der Waals surface area contributed by atoms with Crippen LogP contribution in [-0.2, 0) is 4.84 Å². The molecule has 0 aromatic heterocycles. The Morgan fingerprint density at radius 3 is 2.73 bits per heavy atom. The summed E-state index contributed by atoms with van der Waals surface area (Å²) >= 11 is 0. The second-order valence-corrected chi connectivity index (χ2v) is 6.27. The molecule has 0 heterocycles. The lowest BCUT2D eigenvalue weighted by molar-refractivity contribution is 0.0270. The van der Waals surface area contributed by atoms with Crippen LogP contribution in [0.3, 0.4) is 0 Å². The third-order valence-electron chi connectivity index (χ3n) is 4.17. The van der Waals surface area contributed by atoms with Gasteiger partial charge in [0.25, 0.3) is 5.91 Å². The average molecular weight is 356 g/mol. The molecule has 0 spiro atoms. The Bertz CT molecular complexity index is 886. The van der Waals surface area contributed by atoms with Crippen LogP contribution in [0.25, 0.3) is 0 Å². The molecule has 0 bridgehead atoms. The van der Waals surface area contributed by atoms with Gasteiger partial charge in [0.05, 0.1) is 17.9 Å². The summed E-state index contributed by atoms with van der Waals surface area (Å²) in [4.78, 5) is 17.5. The van der Waals surface area contributed by atoms with Crippen LogP contribution < -0.4 is 10.8 Å². The molecule has 6 heteroatoms. The highest BCUT2D eigenvalue weighted by molar-refractivity contribution is 6.00. The van der Waals surface area contributed by atoms with E-state index in [2.05, 4.69) is 16.7 Å². The van der Waals surface area contributed by atoms with Crippen LogP contribution >= 0.6 is 0 Å². The van der Waals surface area contributed by atoms with Crippen LogP contribution in [0.2, 0.25) is 0 Å². The molecular formula is C20H18F2N2O2. The van der Waals surface area contributed by atoms with Gasteiger partial charge in [0.2, 0.25) is 0 Å². The SMILES string of the molecule is C#Cc1ccc(Nc2c(C(=O)NOCC3CC3)ccc(F)c2F)c(C)c1. The molecule has 3 rings (SSSR count). The van der Waals surface area contributed by atoms with Gasteiger partial charge in [0, 0.05) is 11.3 Å². The quantitative estimate of drug-likeness (QED) is 0.606. The second-order valence-electron chi connectivity index (χ2n) is 6.27. The fraction of sp³-hybridized carbons (Fsp3) is 0.250. The zero-order chi connectivity index (χ0) is 18.7. The van der Waals surface area contributed by atoms with Crippen molar-refractivity contribution in [2.75, 3.05) is 11.9 Å². The number of benzene rings is 2. The van der Waals surface area contributed by atoms with E-state index >= 15 is 0 Å². The maximum absolute atomic E-state index is 14.4. The molecule has 1 aliphatic carbocycles. The standard InChI is InChI=1S/C20H18F2N2O2/c1-3-13-6-9-17(12(2)10-13)23-19-15(7-8-16(21)18(19)22)20(25)24-26-11-14-4-5-14/h1,6-10,14,23H,4-5,11H2,2H3,(H,24,25). The normalized spacial score (nSPS) is 13.2. The highest BCUT2D eigenvalue weighted by Crippen LogP contribution is 2.30. The summed E-state index contributed by atoms with van der Waals surface area (Å²) in [6.45, 7) is 2.18. The van der Waals surface area contributed by atoms with Crippen molar-refractivity contribution in [1.82, 2.24) is 5.48 Å². The molecule has 2 N–H and O–H groups in total. The van der Waals surface area contributed by atoms with Crippen molar-refractivity contribution in [3.63, 3.8) is 0 Å². The number of nitrogens with one attached hydrogen (secondary N) is 2. The first-order valence-electron chi connectivity index (χ1n) is 8.24. The minimum Gasteiger partial charge on any atom is -0.352 e. The van der Waals surface area contributed by atoms with Gasteiger partial charge >= 0.3 is 0 Å². The Morgan fingerprint density at radius 2 is 2.08 bits per heavy atom. The smallest absolute Gasteiger partial charge is 0.277 e. The first kappa shape index (κ1) is 17.9. The van der Waals surface area contributed by atoms with Crippen molar-refractivity contribution >= 4 is 17.3 Å². The molecule has 1 fully saturated rings. The van der Waals surface area contributed by atoms with Crippen molar-refractivity contribution in [3.05, 3.63) is 58.7 Å². The summed E-state index contributed by atoms with van der Waals surface area (Å²) in [6, 6.07) is 7.18. The maximum Gasteiger partial charge on any atom is 0.277 e. The number of amides is 1. The number of hydrogen-bond acceptors (Lipinski definition) is 3.